The van der Waals surface area contributed by atoms with Gasteiger partial charge in [0.15, 0.2) is 0 Å². The summed E-state index contributed by atoms with van der Waals surface area (Å²) in [5.41, 5.74) is 2.10. The van der Waals surface area contributed by atoms with Crippen LogP contribution in [0.5, 0.6) is 0 Å². The fourth-order valence-electron chi connectivity index (χ4n) is 2.79. The summed E-state index contributed by atoms with van der Waals surface area (Å²) >= 11 is 1.91. The lowest BCUT2D eigenvalue weighted by atomic mass is 9.75. The summed E-state index contributed by atoms with van der Waals surface area (Å²) in [6, 6.07) is 2.30. The van der Waals surface area contributed by atoms with Crippen LogP contribution in [0, 0.1) is 5.41 Å². The lowest BCUT2D eigenvalue weighted by Gasteiger charge is -2.40. The molecule has 0 bridgehead atoms. The number of hydrogen-bond donors (Lipinski definition) is 1. The van der Waals surface area contributed by atoms with E-state index in [9.17, 15) is 0 Å². The second kappa shape index (κ2) is 3.60. The molecule has 2 heterocycles. The van der Waals surface area contributed by atoms with Gasteiger partial charge in [-0.3, -0.25) is 0 Å². The van der Waals surface area contributed by atoms with Gasteiger partial charge in [-0.15, -0.1) is 11.3 Å². The predicted octanol–water partition coefficient (Wildman–Crippen LogP) is 3.55. The van der Waals surface area contributed by atoms with E-state index in [0.717, 1.165) is 6.54 Å². The first-order valence-electron chi connectivity index (χ1n) is 5.73. The van der Waals surface area contributed by atoms with E-state index in [0.29, 0.717) is 5.41 Å². The SMILES string of the molecule is CC(C)(C)CC1(C)NCCc2sccc21. The van der Waals surface area contributed by atoms with Crippen molar-refractivity contribution in [3.05, 3.63) is 21.9 Å². The van der Waals surface area contributed by atoms with Crippen LogP contribution in [-0.4, -0.2) is 6.54 Å². The maximum Gasteiger partial charge on any atom is 0.0422 e. The molecule has 0 spiro atoms. The molecule has 1 atom stereocenters. The van der Waals surface area contributed by atoms with Gasteiger partial charge in [0.1, 0.15) is 0 Å². The quantitative estimate of drug-likeness (QED) is 0.768. The van der Waals surface area contributed by atoms with Gasteiger partial charge in [0.05, 0.1) is 0 Å². The molecule has 0 aromatic carbocycles. The van der Waals surface area contributed by atoms with Crippen molar-refractivity contribution in [2.24, 2.45) is 5.41 Å². The molecule has 1 nitrogen and oxygen atoms in total. The Morgan fingerprint density at radius 2 is 2.20 bits per heavy atom. The molecule has 0 fully saturated rings. The molecular weight excluding hydrogens is 202 g/mol. The first-order valence-corrected chi connectivity index (χ1v) is 6.61. The lowest BCUT2D eigenvalue weighted by Crippen LogP contribution is -2.46. The smallest absolute Gasteiger partial charge is 0.0422 e. The zero-order valence-corrected chi connectivity index (χ0v) is 11.0. The van der Waals surface area contributed by atoms with Gasteiger partial charge in [0.25, 0.3) is 0 Å². The van der Waals surface area contributed by atoms with E-state index in [-0.39, 0.29) is 5.54 Å². The maximum atomic E-state index is 3.70. The van der Waals surface area contributed by atoms with E-state index in [2.05, 4.69) is 44.5 Å². The van der Waals surface area contributed by atoms with Crippen molar-refractivity contribution in [2.75, 3.05) is 6.54 Å². The lowest BCUT2D eigenvalue weighted by molar-refractivity contribution is 0.219. The molecule has 0 amide bonds. The third-order valence-electron chi connectivity index (χ3n) is 3.09. The Kier molecular flexibility index (Phi) is 2.68. The van der Waals surface area contributed by atoms with Crippen molar-refractivity contribution in [3.8, 4) is 0 Å². The second-order valence-electron chi connectivity index (χ2n) is 6.00. The van der Waals surface area contributed by atoms with E-state index in [4.69, 9.17) is 0 Å². The van der Waals surface area contributed by atoms with Crippen LogP contribution in [0.4, 0.5) is 0 Å². The van der Waals surface area contributed by atoms with Gasteiger partial charge in [0, 0.05) is 17.0 Å². The second-order valence-corrected chi connectivity index (χ2v) is 7.00. The number of nitrogens with one attached hydrogen (secondary N) is 1. The first kappa shape index (κ1) is 11.2. The third-order valence-corrected chi connectivity index (χ3v) is 4.07. The molecule has 1 aliphatic heterocycles. The molecule has 1 aliphatic rings. The predicted molar refractivity (Wildman–Crippen MR) is 67.4 cm³/mol. The minimum absolute atomic E-state index is 0.186. The Bertz CT molecular complexity index is 348. The Balaban J connectivity index is 2.31. The van der Waals surface area contributed by atoms with Crippen molar-refractivity contribution in [1.82, 2.24) is 5.32 Å². The molecule has 1 N–H and O–H groups in total. The fraction of sp³-hybridized carbons (Fsp3) is 0.692. The van der Waals surface area contributed by atoms with Crippen LogP contribution >= 0.6 is 11.3 Å². The Hall–Kier alpha value is -0.340. The van der Waals surface area contributed by atoms with Crippen LogP contribution < -0.4 is 5.32 Å². The van der Waals surface area contributed by atoms with Gasteiger partial charge >= 0.3 is 0 Å². The molecule has 2 rings (SSSR count). The minimum atomic E-state index is 0.186. The summed E-state index contributed by atoms with van der Waals surface area (Å²) in [7, 11) is 0. The van der Waals surface area contributed by atoms with E-state index >= 15 is 0 Å². The molecule has 2 heteroatoms. The topological polar surface area (TPSA) is 12.0 Å². The number of fused-ring (bicyclic) bond motifs is 1. The van der Waals surface area contributed by atoms with E-state index < -0.39 is 0 Å². The number of rotatable bonds is 1. The monoisotopic (exact) mass is 223 g/mol. The molecule has 1 aromatic heterocycles. The van der Waals surface area contributed by atoms with Crippen LogP contribution in [-0.2, 0) is 12.0 Å². The molecule has 0 aliphatic carbocycles. The molecule has 1 unspecified atom stereocenters. The highest BCUT2D eigenvalue weighted by atomic mass is 32.1. The molecular formula is C13H21NS. The van der Waals surface area contributed by atoms with Crippen molar-refractivity contribution in [3.63, 3.8) is 0 Å². The van der Waals surface area contributed by atoms with E-state index in [1.54, 1.807) is 4.88 Å². The summed E-state index contributed by atoms with van der Waals surface area (Å²) in [5.74, 6) is 0. The van der Waals surface area contributed by atoms with Gasteiger partial charge in [-0.25, -0.2) is 0 Å². The fourth-order valence-corrected chi connectivity index (χ4v) is 3.80. The van der Waals surface area contributed by atoms with Crippen molar-refractivity contribution >= 4 is 11.3 Å². The summed E-state index contributed by atoms with van der Waals surface area (Å²) in [6.45, 7) is 10.4. The van der Waals surface area contributed by atoms with Crippen molar-refractivity contribution in [1.29, 1.82) is 0 Å². The minimum Gasteiger partial charge on any atom is -0.307 e. The van der Waals surface area contributed by atoms with Gasteiger partial charge in [-0.05, 0) is 42.2 Å². The zero-order valence-electron chi connectivity index (χ0n) is 10.2. The first-order chi connectivity index (χ1) is 6.91. The van der Waals surface area contributed by atoms with Crippen molar-refractivity contribution in [2.45, 2.75) is 46.1 Å². The summed E-state index contributed by atoms with van der Waals surface area (Å²) in [4.78, 5) is 1.58. The standard InChI is InChI=1S/C13H21NS/c1-12(2,3)9-13(4)10-6-8-15-11(10)5-7-14-13/h6,8,14H,5,7,9H2,1-4H3. The molecule has 0 saturated heterocycles. The van der Waals surface area contributed by atoms with Gasteiger partial charge in [0.2, 0.25) is 0 Å². The van der Waals surface area contributed by atoms with Crippen LogP contribution in [0.1, 0.15) is 44.6 Å². The zero-order chi connectivity index (χ0) is 11.1. The molecule has 84 valence electrons. The molecule has 0 radical (unpaired) electrons. The number of thiophene rings is 1. The highest BCUT2D eigenvalue weighted by Gasteiger charge is 2.35. The maximum absolute atomic E-state index is 3.70. The van der Waals surface area contributed by atoms with Gasteiger partial charge in [-0.2, -0.15) is 0 Å². The summed E-state index contributed by atoms with van der Waals surface area (Å²) in [6.07, 6.45) is 2.40. The summed E-state index contributed by atoms with van der Waals surface area (Å²) in [5, 5.41) is 5.94. The Labute approximate surface area is 96.9 Å². The van der Waals surface area contributed by atoms with Crippen molar-refractivity contribution < 1.29 is 0 Å². The molecule has 0 saturated carbocycles. The highest BCUT2D eigenvalue weighted by molar-refractivity contribution is 7.10. The average Bonchev–Trinajstić information content (AvgIpc) is 2.49. The van der Waals surface area contributed by atoms with Gasteiger partial charge < -0.3 is 5.32 Å². The van der Waals surface area contributed by atoms with Crippen LogP contribution in [0.25, 0.3) is 0 Å². The van der Waals surface area contributed by atoms with E-state index in [1.807, 2.05) is 11.3 Å². The van der Waals surface area contributed by atoms with Crippen LogP contribution in [0.3, 0.4) is 0 Å². The summed E-state index contributed by atoms with van der Waals surface area (Å²) < 4.78 is 0. The average molecular weight is 223 g/mol. The molecule has 15 heavy (non-hydrogen) atoms. The van der Waals surface area contributed by atoms with Crippen LogP contribution in [0.2, 0.25) is 0 Å². The normalized spacial score (nSPS) is 26.4. The number of hydrogen-bond acceptors (Lipinski definition) is 2. The highest BCUT2D eigenvalue weighted by Crippen LogP contribution is 2.39. The Morgan fingerprint density at radius 3 is 2.87 bits per heavy atom. The van der Waals surface area contributed by atoms with Crippen LogP contribution in [0.15, 0.2) is 11.4 Å². The van der Waals surface area contributed by atoms with E-state index in [1.165, 1.54) is 18.4 Å². The third kappa shape index (κ3) is 2.26. The Morgan fingerprint density at radius 1 is 1.47 bits per heavy atom. The largest absolute Gasteiger partial charge is 0.307 e. The molecule has 1 aromatic rings. The van der Waals surface area contributed by atoms with Gasteiger partial charge in [-0.1, -0.05) is 20.8 Å².